The Balaban J connectivity index is 1.49. The summed E-state index contributed by atoms with van der Waals surface area (Å²) >= 11 is 0. The Labute approximate surface area is 175 Å². The van der Waals surface area contributed by atoms with Crippen molar-refractivity contribution in [2.75, 3.05) is 39.6 Å². The molecule has 3 rings (SSSR count). The van der Waals surface area contributed by atoms with Crippen LogP contribution in [0, 0.1) is 0 Å². The summed E-state index contributed by atoms with van der Waals surface area (Å²) in [5.74, 6) is 0.0116. The molecule has 0 saturated carbocycles. The molecule has 12 heteroatoms. The molecule has 10 nitrogen and oxygen atoms in total. The van der Waals surface area contributed by atoms with Crippen LogP contribution in [0.4, 0.5) is 0 Å². The predicted molar refractivity (Wildman–Crippen MR) is 109 cm³/mol. The highest BCUT2D eigenvalue weighted by Crippen LogP contribution is 2.19. The van der Waals surface area contributed by atoms with E-state index in [9.17, 15) is 21.6 Å². The van der Waals surface area contributed by atoms with Crippen LogP contribution in [0.5, 0.6) is 5.75 Å². The number of benzene rings is 1. The Bertz CT molecular complexity index is 1120. The van der Waals surface area contributed by atoms with E-state index >= 15 is 0 Å². The number of ether oxygens (including phenoxy) is 2. The zero-order valence-corrected chi connectivity index (χ0v) is 18.0. The summed E-state index contributed by atoms with van der Waals surface area (Å²) in [4.78, 5) is 13.9. The summed E-state index contributed by atoms with van der Waals surface area (Å²) in [5.41, 5.74) is 0.270. The Hall–Kier alpha value is -2.70. The number of nitrogens with zero attached hydrogens (tertiary/aromatic N) is 3. The normalized spacial score (nSPS) is 17.8. The van der Waals surface area contributed by atoms with Crippen LogP contribution in [0.2, 0.25) is 0 Å². The zero-order chi connectivity index (χ0) is 21.9. The number of amidine groups is 1. The van der Waals surface area contributed by atoms with Gasteiger partial charge in [-0.3, -0.25) is 0 Å². The Morgan fingerprint density at radius 3 is 2.53 bits per heavy atom. The average molecular weight is 456 g/mol. The van der Waals surface area contributed by atoms with Crippen molar-refractivity contribution in [2.45, 2.75) is 4.90 Å². The molecule has 1 aromatic carbocycles. The second-order valence-corrected chi connectivity index (χ2v) is 10.5. The minimum absolute atomic E-state index is 0.0168. The van der Waals surface area contributed by atoms with E-state index in [0.717, 1.165) is 4.31 Å². The topological polar surface area (TPSA) is 123 Å². The number of hydrogen-bond acceptors (Lipinski definition) is 8. The molecule has 0 fully saturated rings. The van der Waals surface area contributed by atoms with Crippen molar-refractivity contribution in [3.63, 3.8) is 0 Å². The van der Waals surface area contributed by atoms with E-state index in [1.165, 1.54) is 56.7 Å². The van der Waals surface area contributed by atoms with E-state index in [4.69, 9.17) is 9.47 Å². The zero-order valence-electron chi connectivity index (χ0n) is 16.4. The van der Waals surface area contributed by atoms with Crippen molar-refractivity contribution in [1.82, 2.24) is 9.21 Å². The van der Waals surface area contributed by atoms with Crippen LogP contribution in [-0.4, -0.2) is 77.5 Å². The Morgan fingerprint density at radius 2 is 1.87 bits per heavy atom. The van der Waals surface area contributed by atoms with Gasteiger partial charge in [0.1, 0.15) is 24.8 Å². The summed E-state index contributed by atoms with van der Waals surface area (Å²) < 4.78 is 62.4. The molecule has 0 N–H and O–H groups in total. The number of carbonyl (C=O) groups excluding carboxylic acids is 1. The lowest BCUT2D eigenvalue weighted by Crippen LogP contribution is -2.37. The van der Waals surface area contributed by atoms with Crippen molar-refractivity contribution in [3.05, 3.63) is 48.2 Å². The molecule has 162 valence electrons. The van der Waals surface area contributed by atoms with E-state index in [2.05, 4.69) is 4.40 Å². The number of carbonyl (C=O) groups is 1. The van der Waals surface area contributed by atoms with Gasteiger partial charge in [0.05, 0.1) is 16.2 Å². The van der Waals surface area contributed by atoms with Gasteiger partial charge in [-0.2, -0.15) is 0 Å². The maximum Gasteiger partial charge on any atom is 0.339 e. The minimum Gasteiger partial charge on any atom is -0.490 e. The number of fused-ring (bicyclic) bond motifs is 1. The van der Waals surface area contributed by atoms with E-state index in [0.29, 0.717) is 5.75 Å². The third-order valence-corrected chi connectivity index (χ3v) is 7.24. The average Bonchev–Trinajstić information content (AvgIpc) is 2.70. The molecule has 2 aliphatic rings. The lowest BCUT2D eigenvalue weighted by molar-refractivity contribution is -0.139. The molecule has 0 aromatic heterocycles. The van der Waals surface area contributed by atoms with Gasteiger partial charge in [0.15, 0.2) is 0 Å². The summed E-state index contributed by atoms with van der Waals surface area (Å²) in [6.45, 7) is 0.277. The van der Waals surface area contributed by atoms with Crippen LogP contribution in [0.1, 0.15) is 0 Å². The number of esters is 1. The van der Waals surface area contributed by atoms with Crippen LogP contribution in [0.25, 0.3) is 0 Å². The van der Waals surface area contributed by atoms with Gasteiger partial charge in [0.25, 0.3) is 10.0 Å². The standard InChI is InChI=1S/C18H21N3O7S2/c1-20(2)30(25,26)16-6-4-15(5-7-16)27-10-11-28-18(22)14-3-8-17-19-29(23,24)12-9-21(17)13-14/h3-8,13H,9-12H2,1-2H3. The Morgan fingerprint density at radius 1 is 1.17 bits per heavy atom. The van der Waals surface area contributed by atoms with Crippen molar-refractivity contribution in [2.24, 2.45) is 4.40 Å². The van der Waals surface area contributed by atoms with Crippen LogP contribution >= 0.6 is 0 Å². The van der Waals surface area contributed by atoms with Crippen molar-refractivity contribution in [1.29, 1.82) is 0 Å². The molecule has 0 radical (unpaired) electrons. The number of hydrogen-bond donors (Lipinski definition) is 0. The lowest BCUT2D eigenvalue weighted by atomic mass is 10.2. The molecule has 0 atom stereocenters. The number of rotatable bonds is 7. The van der Waals surface area contributed by atoms with Gasteiger partial charge in [-0.05, 0) is 36.4 Å². The SMILES string of the molecule is CN(C)S(=O)(=O)c1ccc(OCCOC(=O)C2=CN3CCS(=O)(=O)N=C3C=C2)cc1. The summed E-state index contributed by atoms with van der Waals surface area (Å²) in [5, 5.41) is 0. The Kier molecular flexibility index (Phi) is 6.29. The molecule has 0 unspecified atom stereocenters. The van der Waals surface area contributed by atoms with Gasteiger partial charge < -0.3 is 14.4 Å². The van der Waals surface area contributed by atoms with E-state index < -0.39 is 26.0 Å². The van der Waals surface area contributed by atoms with Crippen LogP contribution in [0.15, 0.2) is 57.5 Å². The maximum absolute atomic E-state index is 12.2. The molecule has 0 amide bonds. The van der Waals surface area contributed by atoms with Gasteiger partial charge in [-0.1, -0.05) is 0 Å². The molecule has 2 aliphatic heterocycles. The van der Waals surface area contributed by atoms with E-state index in [1.807, 2.05) is 0 Å². The molecule has 1 aromatic rings. The fraction of sp³-hybridized carbons (Fsp3) is 0.333. The highest BCUT2D eigenvalue weighted by molar-refractivity contribution is 7.90. The highest BCUT2D eigenvalue weighted by atomic mass is 32.2. The molecule has 30 heavy (non-hydrogen) atoms. The first-order valence-electron chi connectivity index (χ1n) is 8.90. The van der Waals surface area contributed by atoms with Crippen molar-refractivity contribution in [3.8, 4) is 5.75 Å². The quantitative estimate of drug-likeness (QED) is 0.427. The van der Waals surface area contributed by atoms with Crippen LogP contribution < -0.4 is 4.74 Å². The number of sulfonamides is 2. The van der Waals surface area contributed by atoms with Crippen molar-refractivity contribution < 1.29 is 31.1 Å². The monoisotopic (exact) mass is 455 g/mol. The molecule has 0 saturated heterocycles. The van der Waals surface area contributed by atoms with Gasteiger partial charge in [0.2, 0.25) is 10.0 Å². The summed E-state index contributed by atoms with van der Waals surface area (Å²) in [6.07, 6.45) is 4.40. The third kappa shape index (κ3) is 5.07. The second kappa shape index (κ2) is 8.58. The third-order valence-electron chi connectivity index (χ3n) is 4.25. The molecule has 0 spiro atoms. The lowest BCUT2D eigenvalue weighted by Gasteiger charge is -2.26. The summed E-state index contributed by atoms with van der Waals surface area (Å²) in [7, 11) is -4.06. The van der Waals surface area contributed by atoms with Crippen LogP contribution in [-0.2, 0) is 29.6 Å². The highest BCUT2D eigenvalue weighted by Gasteiger charge is 2.25. The van der Waals surface area contributed by atoms with Crippen molar-refractivity contribution >= 4 is 31.9 Å². The first-order valence-corrected chi connectivity index (χ1v) is 12.0. The fourth-order valence-corrected chi connectivity index (χ4v) is 4.49. The molecular weight excluding hydrogens is 434 g/mol. The minimum atomic E-state index is -3.51. The maximum atomic E-state index is 12.2. The van der Waals surface area contributed by atoms with Gasteiger partial charge >= 0.3 is 5.97 Å². The molecule has 0 bridgehead atoms. The first kappa shape index (κ1) is 22.0. The molecular formula is C18H21N3O7S2. The predicted octanol–water partition coefficient (Wildman–Crippen LogP) is 0.357. The van der Waals surface area contributed by atoms with E-state index in [-0.39, 0.29) is 41.8 Å². The summed E-state index contributed by atoms with van der Waals surface area (Å²) in [6, 6.07) is 5.92. The second-order valence-electron chi connectivity index (χ2n) is 6.59. The van der Waals surface area contributed by atoms with Crippen LogP contribution in [0.3, 0.4) is 0 Å². The van der Waals surface area contributed by atoms with E-state index in [1.54, 1.807) is 4.90 Å². The first-order chi connectivity index (χ1) is 14.1. The molecule has 0 aliphatic carbocycles. The van der Waals surface area contributed by atoms with Gasteiger partial charge in [-0.15, -0.1) is 4.40 Å². The van der Waals surface area contributed by atoms with Gasteiger partial charge in [0, 0.05) is 26.8 Å². The largest absolute Gasteiger partial charge is 0.490 e. The smallest absolute Gasteiger partial charge is 0.339 e. The van der Waals surface area contributed by atoms with Gasteiger partial charge in [-0.25, -0.2) is 25.9 Å². The fourth-order valence-electron chi connectivity index (χ4n) is 2.62. The molecule has 2 heterocycles.